The van der Waals surface area contributed by atoms with Gasteiger partial charge in [-0.3, -0.25) is 9.69 Å². The summed E-state index contributed by atoms with van der Waals surface area (Å²) < 4.78 is 20.7. The smallest absolute Gasteiger partial charge is 0.233 e. The molecule has 164 valence electrons. The molecule has 4 saturated heterocycles. The third-order valence-corrected chi connectivity index (χ3v) is 8.01. The summed E-state index contributed by atoms with van der Waals surface area (Å²) in [5.74, 6) is -0.184. The highest BCUT2D eigenvalue weighted by Gasteiger charge is 2.45. The normalized spacial score (nSPS) is 29.9. The standard InChI is InChI=1S/C24H34FN3O2/c1-18-4-2-11-27(18)20-7-13-26(17-20)19-5-6-22(21(25)16-19)28-12-3-8-24(23(28)29)9-14-30-15-10-24/h5-6,16,18,20H,2-4,7-15,17H2,1H3. The molecule has 1 aromatic carbocycles. The number of anilines is 2. The average Bonchev–Trinajstić information content (AvgIpc) is 3.40. The molecule has 4 heterocycles. The van der Waals surface area contributed by atoms with Crippen LogP contribution in [0.2, 0.25) is 0 Å². The number of carbonyl (C=O) groups excluding carboxylic acids is 1. The van der Waals surface area contributed by atoms with Gasteiger partial charge in [-0.15, -0.1) is 0 Å². The molecule has 4 aliphatic rings. The molecule has 5 rings (SSSR count). The fourth-order valence-corrected chi connectivity index (χ4v) is 6.18. The Hall–Kier alpha value is -1.66. The van der Waals surface area contributed by atoms with Gasteiger partial charge in [0.2, 0.25) is 5.91 Å². The predicted octanol–water partition coefficient (Wildman–Crippen LogP) is 3.81. The number of piperidine rings is 1. The van der Waals surface area contributed by atoms with Gasteiger partial charge in [0.05, 0.1) is 11.1 Å². The fraction of sp³-hybridized carbons (Fsp3) is 0.708. The van der Waals surface area contributed by atoms with Crippen molar-refractivity contribution < 1.29 is 13.9 Å². The van der Waals surface area contributed by atoms with Gasteiger partial charge in [0.25, 0.3) is 0 Å². The summed E-state index contributed by atoms with van der Waals surface area (Å²) in [5.41, 5.74) is 1.03. The van der Waals surface area contributed by atoms with E-state index >= 15 is 4.39 Å². The van der Waals surface area contributed by atoms with Crippen LogP contribution in [0.5, 0.6) is 0 Å². The van der Waals surface area contributed by atoms with Crippen LogP contribution in [0, 0.1) is 11.2 Å². The van der Waals surface area contributed by atoms with E-state index < -0.39 is 0 Å². The van der Waals surface area contributed by atoms with Crippen molar-refractivity contribution in [2.45, 2.75) is 64.0 Å². The Morgan fingerprint density at radius 2 is 1.90 bits per heavy atom. The minimum Gasteiger partial charge on any atom is -0.381 e. The first-order chi connectivity index (χ1) is 14.6. The molecule has 1 spiro atoms. The summed E-state index contributed by atoms with van der Waals surface area (Å²) in [6, 6.07) is 6.71. The lowest BCUT2D eigenvalue weighted by Crippen LogP contribution is -2.51. The number of benzene rings is 1. The molecule has 1 amide bonds. The van der Waals surface area contributed by atoms with Crippen LogP contribution < -0.4 is 9.80 Å². The highest BCUT2D eigenvalue weighted by molar-refractivity contribution is 5.98. The quantitative estimate of drug-likeness (QED) is 0.752. The molecule has 0 aliphatic carbocycles. The molecule has 2 unspecified atom stereocenters. The van der Waals surface area contributed by atoms with Crippen LogP contribution >= 0.6 is 0 Å². The third kappa shape index (κ3) is 3.52. The van der Waals surface area contributed by atoms with Crippen LogP contribution in [0.1, 0.15) is 51.9 Å². The number of amides is 1. The van der Waals surface area contributed by atoms with Gasteiger partial charge < -0.3 is 14.5 Å². The van der Waals surface area contributed by atoms with Crippen molar-refractivity contribution in [1.29, 1.82) is 0 Å². The zero-order chi connectivity index (χ0) is 20.7. The van der Waals surface area contributed by atoms with Crippen molar-refractivity contribution in [3.8, 4) is 0 Å². The molecule has 0 aromatic heterocycles. The molecule has 6 heteroatoms. The Bertz CT molecular complexity index is 789. The zero-order valence-electron chi connectivity index (χ0n) is 18.1. The molecule has 4 fully saturated rings. The van der Waals surface area contributed by atoms with Gasteiger partial charge >= 0.3 is 0 Å². The van der Waals surface area contributed by atoms with Crippen LogP contribution in [0.3, 0.4) is 0 Å². The van der Waals surface area contributed by atoms with E-state index in [0.29, 0.717) is 37.5 Å². The second kappa shape index (κ2) is 8.12. The number of nitrogens with zero attached hydrogens (tertiary/aromatic N) is 3. The van der Waals surface area contributed by atoms with Gasteiger partial charge in [0.1, 0.15) is 5.82 Å². The highest BCUT2D eigenvalue weighted by Crippen LogP contribution is 2.42. The minimum atomic E-state index is -0.351. The molecule has 30 heavy (non-hydrogen) atoms. The lowest BCUT2D eigenvalue weighted by atomic mass is 9.73. The van der Waals surface area contributed by atoms with Crippen LogP contribution in [0.4, 0.5) is 15.8 Å². The first-order valence-corrected chi connectivity index (χ1v) is 11.8. The number of likely N-dealkylation sites (tertiary alicyclic amines) is 1. The second-order valence-electron chi connectivity index (χ2n) is 9.71. The van der Waals surface area contributed by atoms with E-state index in [4.69, 9.17) is 4.74 Å². The van der Waals surface area contributed by atoms with E-state index in [0.717, 1.165) is 50.9 Å². The van der Waals surface area contributed by atoms with Crippen molar-refractivity contribution in [2.75, 3.05) is 49.2 Å². The molecule has 5 nitrogen and oxygen atoms in total. The largest absolute Gasteiger partial charge is 0.381 e. The zero-order valence-corrected chi connectivity index (χ0v) is 18.1. The Labute approximate surface area is 179 Å². The number of carbonyl (C=O) groups is 1. The van der Waals surface area contributed by atoms with Gasteiger partial charge in [-0.05, 0) is 76.6 Å². The minimum absolute atomic E-state index is 0.0907. The summed E-state index contributed by atoms with van der Waals surface area (Å²) in [6.45, 7) is 7.32. The summed E-state index contributed by atoms with van der Waals surface area (Å²) in [5, 5.41) is 0. The first-order valence-electron chi connectivity index (χ1n) is 11.8. The molecule has 0 saturated carbocycles. The molecular weight excluding hydrogens is 381 g/mol. The molecule has 0 N–H and O–H groups in total. The molecule has 4 aliphatic heterocycles. The predicted molar refractivity (Wildman–Crippen MR) is 116 cm³/mol. The SMILES string of the molecule is CC1CCCN1C1CCN(c2ccc(N3CCCC4(CCOCC4)C3=O)c(F)c2)C1. The van der Waals surface area contributed by atoms with Gasteiger partial charge in [0.15, 0.2) is 0 Å². The van der Waals surface area contributed by atoms with Crippen molar-refractivity contribution in [3.05, 3.63) is 24.0 Å². The Balaban J connectivity index is 1.31. The highest BCUT2D eigenvalue weighted by atomic mass is 19.1. The van der Waals surface area contributed by atoms with E-state index in [1.165, 1.54) is 19.4 Å². The summed E-state index contributed by atoms with van der Waals surface area (Å²) in [6.07, 6.45) is 7.06. The first kappa shape index (κ1) is 20.3. The van der Waals surface area contributed by atoms with Crippen LogP contribution in [-0.4, -0.2) is 62.3 Å². The van der Waals surface area contributed by atoms with Crippen molar-refractivity contribution >= 4 is 17.3 Å². The lowest BCUT2D eigenvalue weighted by Gasteiger charge is -2.43. The average molecular weight is 416 g/mol. The molecule has 0 bridgehead atoms. The Kier molecular flexibility index (Phi) is 5.48. The summed E-state index contributed by atoms with van der Waals surface area (Å²) >= 11 is 0. The van der Waals surface area contributed by atoms with E-state index in [9.17, 15) is 4.79 Å². The van der Waals surface area contributed by atoms with E-state index in [1.54, 1.807) is 11.0 Å². The maximum Gasteiger partial charge on any atom is 0.233 e. The summed E-state index contributed by atoms with van der Waals surface area (Å²) in [4.78, 5) is 19.9. The number of ether oxygens (including phenoxy) is 1. The van der Waals surface area contributed by atoms with Gasteiger partial charge in [0, 0.05) is 50.6 Å². The van der Waals surface area contributed by atoms with E-state index in [-0.39, 0.29) is 17.1 Å². The van der Waals surface area contributed by atoms with Crippen molar-refractivity contribution in [3.63, 3.8) is 0 Å². The maximum absolute atomic E-state index is 15.2. The lowest BCUT2D eigenvalue weighted by molar-refractivity contribution is -0.136. The topological polar surface area (TPSA) is 36.0 Å². The van der Waals surface area contributed by atoms with Crippen molar-refractivity contribution in [1.82, 2.24) is 4.90 Å². The fourth-order valence-electron chi connectivity index (χ4n) is 6.18. The molecule has 1 aromatic rings. The van der Waals surface area contributed by atoms with Crippen LogP contribution in [0.15, 0.2) is 18.2 Å². The van der Waals surface area contributed by atoms with Gasteiger partial charge in [-0.25, -0.2) is 4.39 Å². The molecule has 2 atom stereocenters. The van der Waals surface area contributed by atoms with E-state index in [2.05, 4.69) is 16.7 Å². The number of rotatable bonds is 3. The van der Waals surface area contributed by atoms with Crippen LogP contribution in [-0.2, 0) is 9.53 Å². The Morgan fingerprint density at radius 1 is 1.07 bits per heavy atom. The third-order valence-electron chi connectivity index (χ3n) is 8.01. The maximum atomic E-state index is 15.2. The van der Waals surface area contributed by atoms with Gasteiger partial charge in [-0.1, -0.05) is 0 Å². The second-order valence-corrected chi connectivity index (χ2v) is 9.71. The van der Waals surface area contributed by atoms with Gasteiger partial charge in [-0.2, -0.15) is 0 Å². The number of hydrogen-bond acceptors (Lipinski definition) is 4. The number of hydrogen-bond donors (Lipinski definition) is 0. The van der Waals surface area contributed by atoms with Crippen LogP contribution in [0.25, 0.3) is 0 Å². The summed E-state index contributed by atoms with van der Waals surface area (Å²) in [7, 11) is 0. The Morgan fingerprint density at radius 3 is 2.63 bits per heavy atom. The van der Waals surface area contributed by atoms with E-state index in [1.807, 2.05) is 12.1 Å². The molecular formula is C24H34FN3O2. The number of halogens is 1. The molecule has 0 radical (unpaired) electrons. The van der Waals surface area contributed by atoms with Crippen molar-refractivity contribution in [2.24, 2.45) is 5.41 Å². The monoisotopic (exact) mass is 415 g/mol.